The molecule has 6 nitrogen and oxygen atoms in total. The highest BCUT2D eigenvalue weighted by atomic mass is 16.5. The number of benzene rings is 1. The third-order valence-electron chi connectivity index (χ3n) is 2.86. The summed E-state index contributed by atoms with van der Waals surface area (Å²) < 4.78 is 12.4. The second-order valence-corrected chi connectivity index (χ2v) is 4.82. The summed E-state index contributed by atoms with van der Waals surface area (Å²) in [6.07, 6.45) is 3.42. The monoisotopic (exact) mass is 289 g/mol. The Kier molecular flexibility index (Phi) is 4.47. The first-order chi connectivity index (χ1) is 10.0. The maximum atomic E-state index is 11.6. The van der Waals surface area contributed by atoms with Crippen LogP contribution >= 0.6 is 0 Å². The van der Waals surface area contributed by atoms with Crippen molar-refractivity contribution in [2.75, 3.05) is 12.3 Å². The summed E-state index contributed by atoms with van der Waals surface area (Å²) in [7, 11) is 0. The quantitative estimate of drug-likeness (QED) is 0.676. The number of esters is 1. The van der Waals surface area contributed by atoms with Crippen LogP contribution in [-0.2, 0) is 4.74 Å². The van der Waals surface area contributed by atoms with E-state index in [1.165, 1.54) is 0 Å². The number of hydrogen-bond donors (Lipinski definition) is 1. The normalized spacial score (nSPS) is 10.7. The minimum Gasteiger partial charge on any atom is -0.462 e. The first-order valence-electron chi connectivity index (χ1n) is 6.80. The van der Waals surface area contributed by atoms with Gasteiger partial charge >= 0.3 is 5.97 Å². The van der Waals surface area contributed by atoms with E-state index in [1.807, 2.05) is 13.8 Å². The first kappa shape index (κ1) is 14.9. The van der Waals surface area contributed by atoms with Gasteiger partial charge in [0, 0.05) is 6.04 Å². The van der Waals surface area contributed by atoms with Gasteiger partial charge in [-0.15, -0.1) is 0 Å². The number of ether oxygens (including phenoxy) is 2. The zero-order valence-electron chi connectivity index (χ0n) is 12.4. The fraction of sp³-hybridized carbons (Fsp3) is 0.333. The third-order valence-corrected chi connectivity index (χ3v) is 2.86. The number of carbonyl (C=O) groups excluding carboxylic acids is 1. The zero-order valence-corrected chi connectivity index (χ0v) is 12.4. The molecular formula is C15H19N3O3. The Morgan fingerprint density at radius 1 is 1.43 bits per heavy atom. The molecule has 0 aliphatic carbocycles. The lowest BCUT2D eigenvalue weighted by Gasteiger charge is -2.08. The summed E-state index contributed by atoms with van der Waals surface area (Å²) in [6.45, 7) is 6.13. The van der Waals surface area contributed by atoms with Crippen molar-refractivity contribution in [2.45, 2.75) is 26.8 Å². The van der Waals surface area contributed by atoms with Gasteiger partial charge in [-0.1, -0.05) is 0 Å². The Morgan fingerprint density at radius 2 is 2.19 bits per heavy atom. The molecule has 6 heteroatoms. The minimum atomic E-state index is -0.400. The number of carbonyl (C=O) groups is 1. The van der Waals surface area contributed by atoms with E-state index in [4.69, 9.17) is 15.2 Å². The van der Waals surface area contributed by atoms with Crippen LogP contribution in [0.2, 0.25) is 0 Å². The molecule has 0 fully saturated rings. The third kappa shape index (κ3) is 3.53. The summed E-state index contributed by atoms with van der Waals surface area (Å²) in [4.78, 5) is 11.6. The number of nitrogens with two attached hydrogens (primary N) is 1. The lowest BCUT2D eigenvalue weighted by atomic mass is 10.2. The topological polar surface area (TPSA) is 79.4 Å². The van der Waals surface area contributed by atoms with Crippen molar-refractivity contribution in [3.8, 4) is 11.5 Å². The summed E-state index contributed by atoms with van der Waals surface area (Å²) in [5.74, 6) is 0.675. The standard InChI is InChI=1S/C15H19N3O3/c1-4-20-15(19)11-5-6-14(13(16)7-11)21-12-8-17-18(9-12)10(2)3/h5-10H,4,16H2,1-3H3. The van der Waals surface area contributed by atoms with Crippen LogP contribution in [-0.4, -0.2) is 22.4 Å². The number of nitrogen functional groups attached to an aromatic ring is 1. The Hall–Kier alpha value is -2.50. The molecule has 0 bridgehead atoms. The molecule has 2 aromatic rings. The second-order valence-electron chi connectivity index (χ2n) is 4.82. The van der Waals surface area contributed by atoms with E-state index in [1.54, 1.807) is 42.2 Å². The molecule has 2 N–H and O–H groups in total. The molecule has 0 atom stereocenters. The van der Waals surface area contributed by atoms with Crippen LogP contribution in [0, 0.1) is 0 Å². The van der Waals surface area contributed by atoms with Gasteiger partial charge in [-0.25, -0.2) is 4.79 Å². The van der Waals surface area contributed by atoms with Gasteiger partial charge in [0.05, 0.1) is 30.3 Å². The molecule has 0 spiro atoms. The van der Waals surface area contributed by atoms with Gasteiger partial charge in [0.1, 0.15) is 0 Å². The molecule has 0 aliphatic heterocycles. The lowest BCUT2D eigenvalue weighted by molar-refractivity contribution is 0.0526. The van der Waals surface area contributed by atoms with E-state index in [-0.39, 0.29) is 6.04 Å². The van der Waals surface area contributed by atoms with E-state index in [0.29, 0.717) is 29.4 Å². The summed E-state index contributed by atoms with van der Waals surface area (Å²) in [6, 6.07) is 5.07. The van der Waals surface area contributed by atoms with Crippen LogP contribution in [0.25, 0.3) is 0 Å². The van der Waals surface area contributed by atoms with Crippen molar-refractivity contribution >= 4 is 11.7 Å². The van der Waals surface area contributed by atoms with Crippen molar-refractivity contribution < 1.29 is 14.3 Å². The highest BCUT2D eigenvalue weighted by molar-refractivity contribution is 5.91. The van der Waals surface area contributed by atoms with Crippen molar-refractivity contribution in [3.63, 3.8) is 0 Å². The number of nitrogens with zero attached hydrogens (tertiary/aromatic N) is 2. The van der Waals surface area contributed by atoms with Crippen molar-refractivity contribution in [3.05, 3.63) is 36.2 Å². The fourth-order valence-corrected chi connectivity index (χ4v) is 1.77. The minimum absolute atomic E-state index is 0.255. The van der Waals surface area contributed by atoms with Gasteiger partial charge in [-0.05, 0) is 39.0 Å². The van der Waals surface area contributed by atoms with Crippen LogP contribution < -0.4 is 10.5 Å². The van der Waals surface area contributed by atoms with Gasteiger partial charge in [-0.3, -0.25) is 4.68 Å². The predicted octanol–water partition coefficient (Wildman–Crippen LogP) is 3.02. The molecule has 0 radical (unpaired) electrons. The summed E-state index contributed by atoms with van der Waals surface area (Å²) in [5.41, 5.74) is 6.69. The molecule has 1 aromatic heterocycles. The average molecular weight is 289 g/mol. The van der Waals surface area contributed by atoms with Crippen LogP contribution in [0.4, 0.5) is 5.69 Å². The first-order valence-corrected chi connectivity index (χ1v) is 6.80. The van der Waals surface area contributed by atoms with Crippen LogP contribution in [0.15, 0.2) is 30.6 Å². The van der Waals surface area contributed by atoms with Gasteiger partial charge in [0.2, 0.25) is 0 Å². The van der Waals surface area contributed by atoms with Crippen LogP contribution in [0.3, 0.4) is 0 Å². The van der Waals surface area contributed by atoms with Gasteiger partial charge in [0.15, 0.2) is 11.5 Å². The molecule has 2 rings (SSSR count). The molecule has 0 unspecified atom stereocenters. The molecule has 1 heterocycles. The molecular weight excluding hydrogens is 270 g/mol. The Morgan fingerprint density at radius 3 is 2.76 bits per heavy atom. The maximum absolute atomic E-state index is 11.6. The molecule has 0 saturated heterocycles. The van der Waals surface area contributed by atoms with E-state index in [0.717, 1.165) is 0 Å². The van der Waals surface area contributed by atoms with Crippen LogP contribution in [0.5, 0.6) is 11.5 Å². The maximum Gasteiger partial charge on any atom is 0.338 e. The lowest BCUT2D eigenvalue weighted by Crippen LogP contribution is -2.05. The predicted molar refractivity (Wildman–Crippen MR) is 79.5 cm³/mol. The Labute approximate surface area is 123 Å². The number of aromatic nitrogens is 2. The molecule has 0 aliphatic rings. The zero-order chi connectivity index (χ0) is 15.4. The average Bonchev–Trinajstić information content (AvgIpc) is 2.90. The smallest absolute Gasteiger partial charge is 0.338 e. The van der Waals surface area contributed by atoms with Crippen molar-refractivity contribution in [2.24, 2.45) is 0 Å². The summed E-state index contributed by atoms with van der Waals surface area (Å²) >= 11 is 0. The van der Waals surface area contributed by atoms with E-state index in [9.17, 15) is 4.79 Å². The number of anilines is 1. The van der Waals surface area contributed by atoms with Gasteiger partial charge in [-0.2, -0.15) is 5.10 Å². The fourth-order valence-electron chi connectivity index (χ4n) is 1.77. The van der Waals surface area contributed by atoms with E-state index in [2.05, 4.69) is 5.10 Å². The number of hydrogen-bond acceptors (Lipinski definition) is 5. The largest absolute Gasteiger partial charge is 0.462 e. The van der Waals surface area contributed by atoms with E-state index < -0.39 is 5.97 Å². The Bertz CT molecular complexity index is 635. The van der Waals surface area contributed by atoms with Crippen LogP contribution in [0.1, 0.15) is 37.2 Å². The highest BCUT2D eigenvalue weighted by Crippen LogP contribution is 2.28. The SMILES string of the molecule is CCOC(=O)c1ccc(Oc2cnn(C(C)C)c2)c(N)c1. The molecule has 0 saturated carbocycles. The van der Waals surface area contributed by atoms with Crippen molar-refractivity contribution in [1.82, 2.24) is 9.78 Å². The van der Waals surface area contributed by atoms with E-state index >= 15 is 0 Å². The highest BCUT2D eigenvalue weighted by Gasteiger charge is 2.11. The molecule has 21 heavy (non-hydrogen) atoms. The summed E-state index contributed by atoms with van der Waals surface area (Å²) in [5, 5.41) is 4.19. The second kappa shape index (κ2) is 6.30. The van der Waals surface area contributed by atoms with Crippen molar-refractivity contribution in [1.29, 1.82) is 0 Å². The molecule has 112 valence electrons. The Balaban J connectivity index is 2.15. The number of rotatable bonds is 5. The van der Waals surface area contributed by atoms with Gasteiger partial charge in [0.25, 0.3) is 0 Å². The molecule has 0 amide bonds. The van der Waals surface area contributed by atoms with Gasteiger partial charge < -0.3 is 15.2 Å². The molecule has 1 aromatic carbocycles.